The molecule has 0 fully saturated rings. The first-order chi connectivity index (χ1) is 14.2. The second-order valence-electron chi connectivity index (χ2n) is 7.43. The number of fused-ring (bicyclic) bond motifs is 1. The molecule has 1 unspecified atom stereocenters. The number of nitrogens with one attached hydrogen (secondary N) is 3. The van der Waals surface area contributed by atoms with E-state index in [9.17, 15) is 14.4 Å². The summed E-state index contributed by atoms with van der Waals surface area (Å²) in [7, 11) is 0. The lowest BCUT2D eigenvalue weighted by atomic mass is 10.0. The number of anilines is 2. The number of nitrogens with zero attached hydrogens (tertiary/aromatic N) is 1. The monoisotopic (exact) mass is 424 g/mol. The van der Waals surface area contributed by atoms with Crippen molar-refractivity contribution < 1.29 is 14.4 Å². The van der Waals surface area contributed by atoms with Crippen LogP contribution >= 0.6 is 11.3 Å². The topological polar surface area (TPSA) is 100 Å². The van der Waals surface area contributed by atoms with Gasteiger partial charge < -0.3 is 16.0 Å². The standard InChI is InChI=1S/C22H24N4O3S/c1-12(2)19(26-20(28)15-7-5-13(3)6-8-15)21(29)24-16-9-10-17-18(11-16)30-22(25-17)23-14(4)27/h5-12,19H,1-4H3,(H,24,29)(H,26,28)(H,23,25,27). The molecule has 1 atom stereocenters. The summed E-state index contributed by atoms with van der Waals surface area (Å²) in [6.45, 7) is 7.14. The Balaban J connectivity index is 1.73. The van der Waals surface area contributed by atoms with Crippen molar-refractivity contribution in [3.63, 3.8) is 0 Å². The first kappa shape index (κ1) is 21.4. The van der Waals surface area contributed by atoms with Crippen LogP contribution in [-0.2, 0) is 9.59 Å². The highest BCUT2D eigenvalue weighted by molar-refractivity contribution is 7.22. The van der Waals surface area contributed by atoms with Crippen LogP contribution in [0.4, 0.5) is 10.8 Å². The zero-order valence-electron chi connectivity index (χ0n) is 17.3. The fourth-order valence-electron chi connectivity index (χ4n) is 2.89. The molecule has 156 valence electrons. The first-order valence-electron chi connectivity index (χ1n) is 9.59. The maximum absolute atomic E-state index is 12.9. The summed E-state index contributed by atoms with van der Waals surface area (Å²) in [6.07, 6.45) is 0. The van der Waals surface area contributed by atoms with E-state index in [4.69, 9.17) is 0 Å². The van der Waals surface area contributed by atoms with Crippen LogP contribution in [0.25, 0.3) is 10.2 Å². The van der Waals surface area contributed by atoms with Crippen LogP contribution in [0.15, 0.2) is 42.5 Å². The summed E-state index contributed by atoms with van der Waals surface area (Å²) in [5.41, 5.74) is 2.90. The molecule has 3 rings (SSSR count). The Bertz CT molecular complexity index is 1090. The zero-order valence-corrected chi connectivity index (χ0v) is 18.1. The fourth-order valence-corrected chi connectivity index (χ4v) is 3.84. The molecule has 0 aliphatic heterocycles. The van der Waals surface area contributed by atoms with E-state index in [0.29, 0.717) is 16.4 Å². The average molecular weight is 425 g/mol. The molecule has 8 heteroatoms. The van der Waals surface area contributed by atoms with E-state index < -0.39 is 6.04 Å². The first-order valence-corrected chi connectivity index (χ1v) is 10.4. The van der Waals surface area contributed by atoms with Gasteiger partial charge in [-0.2, -0.15) is 0 Å². The number of aryl methyl sites for hydroxylation is 1. The molecule has 30 heavy (non-hydrogen) atoms. The van der Waals surface area contributed by atoms with Crippen LogP contribution in [-0.4, -0.2) is 28.7 Å². The highest BCUT2D eigenvalue weighted by Gasteiger charge is 2.25. The van der Waals surface area contributed by atoms with Gasteiger partial charge in [0.05, 0.1) is 10.2 Å². The lowest BCUT2D eigenvalue weighted by Crippen LogP contribution is -2.47. The SMILES string of the molecule is CC(=O)Nc1nc2ccc(NC(=O)C(NC(=O)c3ccc(C)cc3)C(C)C)cc2s1. The van der Waals surface area contributed by atoms with Gasteiger partial charge in [0.1, 0.15) is 6.04 Å². The predicted molar refractivity (Wildman–Crippen MR) is 120 cm³/mol. The zero-order chi connectivity index (χ0) is 21.8. The minimum absolute atomic E-state index is 0.0992. The van der Waals surface area contributed by atoms with Crippen molar-refractivity contribution in [2.24, 2.45) is 5.92 Å². The molecular formula is C22H24N4O3S. The van der Waals surface area contributed by atoms with Gasteiger partial charge in [-0.3, -0.25) is 14.4 Å². The number of amides is 3. The van der Waals surface area contributed by atoms with Crippen LogP contribution in [0.1, 0.15) is 36.7 Å². The van der Waals surface area contributed by atoms with Gasteiger partial charge in [0.25, 0.3) is 5.91 Å². The third kappa shape index (κ3) is 5.21. The Morgan fingerprint density at radius 2 is 1.70 bits per heavy atom. The largest absolute Gasteiger partial charge is 0.340 e. The second-order valence-corrected chi connectivity index (χ2v) is 8.46. The van der Waals surface area contributed by atoms with Gasteiger partial charge in [-0.1, -0.05) is 42.9 Å². The van der Waals surface area contributed by atoms with E-state index in [2.05, 4.69) is 20.9 Å². The number of hydrogen-bond donors (Lipinski definition) is 3. The normalized spacial score (nSPS) is 11.9. The third-order valence-corrected chi connectivity index (χ3v) is 5.42. The quantitative estimate of drug-likeness (QED) is 0.558. The third-order valence-electron chi connectivity index (χ3n) is 4.49. The van der Waals surface area contributed by atoms with E-state index in [-0.39, 0.29) is 23.6 Å². The van der Waals surface area contributed by atoms with E-state index in [1.165, 1.54) is 18.3 Å². The molecule has 1 heterocycles. The summed E-state index contributed by atoms with van der Waals surface area (Å²) < 4.78 is 0.835. The number of aromatic nitrogens is 1. The summed E-state index contributed by atoms with van der Waals surface area (Å²) in [5.74, 6) is -0.873. The van der Waals surface area contributed by atoms with E-state index in [1.807, 2.05) is 32.9 Å². The van der Waals surface area contributed by atoms with Crippen LogP contribution < -0.4 is 16.0 Å². The van der Waals surface area contributed by atoms with Gasteiger partial charge >= 0.3 is 0 Å². The Kier molecular flexibility index (Phi) is 6.47. The second kappa shape index (κ2) is 9.04. The smallest absolute Gasteiger partial charge is 0.251 e. The van der Waals surface area contributed by atoms with Gasteiger partial charge in [0, 0.05) is 18.2 Å². The van der Waals surface area contributed by atoms with Crippen LogP contribution in [0.5, 0.6) is 0 Å². The molecular weight excluding hydrogens is 400 g/mol. The van der Waals surface area contributed by atoms with Crippen molar-refractivity contribution in [2.45, 2.75) is 33.7 Å². The Morgan fingerprint density at radius 1 is 1.00 bits per heavy atom. The number of hydrogen-bond acceptors (Lipinski definition) is 5. The van der Waals surface area contributed by atoms with E-state index >= 15 is 0 Å². The summed E-state index contributed by atoms with van der Waals surface area (Å²) in [5, 5.41) is 8.86. The van der Waals surface area contributed by atoms with Crippen molar-refractivity contribution in [3.8, 4) is 0 Å². The number of carbonyl (C=O) groups excluding carboxylic acids is 3. The number of thiazole rings is 1. The molecule has 0 saturated carbocycles. The molecule has 0 aliphatic rings. The van der Waals surface area contributed by atoms with E-state index in [0.717, 1.165) is 15.8 Å². The number of rotatable bonds is 6. The minimum Gasteiger partial charge on any atom is -0.340 e. The van der Waals surface area contributed by atoms with Gasteiger partial charge in [-0.15, -0.1) is 0 Å². The maximum atomic E-state index is 12.9. The molecule has 0 spiro atoms. The van der Waals surface area contributed by atoms with Gasteiger partial charge in [-0.25, -0.2) is 4.98 Å². The molecule has 2 aromatic carbocycles. The van der Waals surface area contributed by atoms with Crippen LogP contribution in [0.2, 0.25) is 0 Å². The minimum atomic E-state index is -0.689. The van der Waals surface area contributed by atoms with Crippen molar-refractivity contribution in [1.82, 2.24) is 10.3 Å². The van der Waals surface area contributed by atoms with Gasteiger partial charge in [0.15, 0.2) is 5.13 Å². The molecule has 0 saturated heterocycles. The fraction of sp³-hybridized carbons (Fsp3) is 0.273. The highest BCUT2D eigenvalue weighted by atomic mass is 32.1. The number of benzene rings is 2. The molecule has 0 bridgehead atoms. The molecule has 3 amide bonds. The van der Waals surface area contributed by atoms with Crippen LogP contribution in [0, 0.1) is 12.8 Å². The van der Waals surface area contributed by atoms with Crippen molar-refractivity contribution in [2.75, 3.05) is 10.6 Å². The lowest BCUT2D eigenvalue weighted by Gasteiger charge is -2.22. The van der Waals surface area contributed by atoms with Crippen molar-refractivity contribution in [3.05, 3.63) is 53.6 Å². The molecule has 3 aromatic rings. The molecule has 7 nitrogen and oxygen atoms in total. The highest BCUT2D eigenvalue weighted by Crippen LogP contribution is 2.28. The molecule has 0 aliphatic carbocycles. The van der Waals surface area contributed by atoms with Gasteiger partial charge in [-0.05, 0) is 43.2 Å². The number of carbonyl (C=O) groups is 3. The lowest BCUT2D eigenvalue weighted by molar-refractivity contribution is -0.119. The summed E-state index contributed by atoms with van der Waals surface area (Å²) in [6, 6.07) is 11.8. The summed E-state index contributed by atoms with van der Waals surface area (Å²) in [4.78, 5) is 41.0. The predicted octanol–water partition coefficient (Wildman–Crippen LogP) is 3.96. The van der Waals surface area contributed by atoms with E-state index in [1.54, 1.807) is 30.3 Å². The molecule has 0 radical (unpaired) electrons. The van der Waals surface area contributed by atoms with Crippen molar-refractivity contribution in [1.29, 1.82) is 0 Å². The Morgan fingerprint density at radius 3 is 2.33 bits per heavy atom. The average Bonchev–Trinajstić information content (AvgIpc) is 3.06. The summed E-state index contributed by atoms with van der Waals surface area (Å²) >= 11 is 1.33. The van der Waals surface area contributed by atoms with Gasteiger partial charge in [0.2, 0.25) is 11.8 Å². The Labute approximate surface area is 178 Å². The van der Waals surface area contributed by atoms with Crippen LogP contribution in [0.3, 0.4) is 0 Å². The molecule has 3 N–H and O–H groups in total. The van der Waals surface area contributed by atoms with Crippen molar-refractivity contribution >= 4 is 50.1 Å². The molecule has 1 aromatic heterocycles. The Hall–Kier alpha value is -3.26. The maximum Gasteiger partial charge on any atom is 0.251 e.